The third kappa shape index (κ3) is 7.73. The summed E-state index contributed by atoms with van der Waals surface area (Å²) in [4.78, 5) is 0. The molecular weight excluding hydrogens is 220 g/mol. The summed E-state index contributed by atoms with van der Waals surface area (Å²) in [6.45, 7) is 11.0. The molecule has 0 bridgehead atoms. The lowest BCUT2D eigenvalue weighted by Gasteiger charge is -2.21. The van der Waals surface area contributed by atoms with Crippen LogP contribution in [0.1, 0.15) is 0 Å². The van der Waals surface area contributed by atoms with E-state index in [4.69, 9.17) is 4.43 Å². The summed E-state index contributed by atoms with van der Waals surface area (Å²) < 4.78 is 5.57. The lowest BCUT2D eigenvalue weighted by atomic mass is 10.9. The molecule has 0 spiro atoms. The van der Waals surface area contributed by atoms with E-state index in [1.54, 1.807) is 0 Å². The summed E-state index contributed by atoms with van der Waals surface area (Å²) in [6, 6.07) is 5.88. The molecule has 0 radical (unpaired) electrons. The Morgan fingerprint density at radius 1 is 1.43 bits per heavy atom. The summed E-state index contributed by atoms with van der Waals surface area (Å²) in [6.07, 6.45) is 0. The standard InChI is InChI=1S/C10H26OSi3/c1-6-12-7-8-13(3)9-10-14(4,5)11-2/h6,13H,1,7-10,12H2,2-5H3. The molecule has 0 aromatic carbocycles. The zero-order valence-electron chi connectivity index (χ0n) is 10.3. The third-order valence-corrected chi connectivity index (χ3v) is 10.8. The molecule has 0 aliphatic carbocycles. The van der Waals surface area contributed by atoms with Gasteiger partial charge >= 0.3 is 0 Å². The van der Waals surface area contributed by atoms with E-state index in [1.807, 2.05) is 7.11 Å². The van der Waals surface area contributed by atoms with Gasteiger partial charge in [0, 0.05) is 25.4 Å². The van der Waals surface area contributed by atoms with Crippen LogP contribution in [0.15, 0.2) is 12.3 Å². The first-order valence-corrected chi connectivity index (χ1v) is 13.4. The molecule has 0 heterocycles. The van der Waals surface area contributed by atoms with Gasteiger partial charge in [-0.15, -0.1) is 12.3 Å². The van der Waals surface area contributed by atoms with Crippen LogP contribution in [0.25, 0.3) is 0 Å². The Labute approximate surface area is 94.5 Å². The Bertz CT molecular complexity index is 159. The molecule has 4 heteroatoms. The smallest absolute Gasteiger partial charge is 0.185 e. The van der Waals surface area contributed by atoms with Crippen molar-refractivity contribution in [3.63, 3.8) is 0 Å². The van der Waals surface area contributed by atoms with E-state index in [2.05, 4.69) is 31.9 Å². The maximum absolute atomic E-state index is 5.57. The summed E-state index contributed by atoms with van der Waals surface area (Å²) in [7, 11) is 0.312. The second-order valence-electron chi connectivity index (χ2n) is 4.83. The van der Waals surface area contributed by atoms with E-state index < -0.39 is 17.1 Å². The molecule has 0 fully saturated rings. The molecule has 0 aromatic rings. The highest BCUT2D eigenvalue weighted by molar-refractivity contribution is 6.73. The van der Waals surface area contributed by atoms with E-state index in [1.165, 1.54) is 24.2 Å². The molecule has 0 aliphatic rings. The van der Waals surface area contributed by atoms with E-state index >= 15 is 0 Å². The van der Waals surface area contributed by atoms with Gasteiger partial charge in [-0.05, 0) is 19.1 Å². The van der Waals surface area contributed by atoms with Gasteiger partial charge in [-0.3, -0.25) is 0 Å². The van der Waals surface area contributed by atoms with Crippen LogP contribution in [-0.4, -0.2) is 33.7 Å². The second-order valence-corrected chi connectivity index (χ2v) is 14.5. The molecule has 1 atom stereocenters. The van der Waals surface area contributed by atoms with Gasteiger partial charge in [0.2, 0.25) is 0 Å². The van der Waals surface area contributed by atoms with Gasteiger partial charge in [-0.1, -0.05) is 24.7 Å². The normalized spacial score (nSPS) is 14.9. The minimum absolute atomic E-state index is 0.101. The highest BCUT2D eigenvalue weighted by Gasteiger charge is 2.21. The molecule has 0 aromatic heterocycles. The number of hydrogen-bond donors (Lipinski definition) is 0. The van der Waals surface area contributed by atoms with Gasteiger partial charge in [0.1, 0.15) is 0 Å². The summed E-state index contributed by atoms with van der Waals surface area (Å²) >= 11 is 0. The molecule has 0 saturated heterocycles. The Balaban J connectivity index is 3.52. The van der Waals surface area contributed by atoms with Crippen LogP contribution in [0.2, 0.25) is 43.8 Å². The van der Waals surface area contributed by atoms with Crippen molar-refractivity contribution in [3.05, 3.63) is 12.3 Å². The Kier molecular flexibility index (Phi) is 7.81. The van der Waals surface area contributed by atoms with Gasteiger partial charge in [0.05, 0.1) is 0 Å². The molecular formula is C10H26OSi3. The summed E-state index contributed by atoms with van der Waals surface area (Å²) in [5.74, 6) is 0. The molecule has 1 unspecified atom stereocenters. The zero-order chi connectivity index (χ0) is 11.0. The van der Waals surface area contributed by atoms with E-state index in [0.717, 1.165) is 0 Å². The van der Waals surface area contributed by atoms with Crippen molar-refractivity contribution in [3.8, 4) is 0 Å². The Morgan fingerprint density at radius 3 is 2.57 bits per heavy atom. The minimum Gasteiger partial charge on any atom is -0.420 e. The molecule has 84 valence electrons. The quantitative estimate of drug-likeness (QED) is 0.472. The van der Waals surface area contributed by atoms with Gasteiger partial charge in [0.25, 0.3) is 0 Å². The zero-order valence-corrected chi connectivity index (χ0v) is 13.9. The van der Waals surface area contributed by atoms with Crippen molar-refractivity contribution in [1.29, 1.82) is 0 Å². The number of rotatable bonds is 8. The fraction of sp³-hybridized carbons (Fsp3) is 0.800. The first-order valence-electron chi connectivity index (χ1n) is 5.68. The SMILES string of the molecule is C=C[SiH2]CC[SiH](C)CC[Si](C)(C)OC. The lowest BCUT2D eigenvalue weighted by molar-refractivity contribution is 0.405. The van der Waals surface area contributed by atoms with Crippen LogP contribution in [-0.2, 0) is 4.43 Å². The topological polar surface area (TPSA) is 9.23 Å². The predicted octanol–water partition coefficient (Wildman–Crippen LogP) is 2.43. The highest BCUT2D eigenvalue weighted by Crippen LogP contribution is 2.16. The molecule has 0 aliphatic heterocycles. The fourth-order valence-corrected chi connectivity index (χ4v) is 10.7. The van der Waals surface area contributed by atoms with Crippen molar-refractivity contribution in [2.75, 3.05) is 7.11 Å². The Morgan fingerprint density at radius 2 is 2.07 bits per heavy atom. The van der Waals surface area contributed by atoms with Crippen molar-refractivity contribution < 1.29 is 4.43 Å². The van der Waals surface area contributed by atoms with Gasteiger partial charge < -0.3 is 4.43 Å². The van der Waals surface area contributed by atoms with Crippen molar-refractivity contribution >= 4 is 26.6 Å². The first kappa shape index (κ1) is 14.4. The molecule has 14 heavy (non-hydrogen) atoms. The fourth-order valence-electron chi connectivity index (χ4n) is 1.45. The van der Waals surface area contributed by atoms with Crippen LogP contribution >= 0.6 is 0 Å². The van der Waals surface area contributed by atoms with Crippen LogP contribution in [0.4, 0.5) is 0 Å². The average molecular weight is 247 g/mol. The van der Waals surface area contributed by atoms with Crippen molar-refractivity contribution in [2.24, 2.45) is 0 Å². The average Bonchev–Trinajstić information content (AvgIpc) is 2.16. The molecule has 0 rings (SSSR count). The minimum atomic E-state index is -1.26. The summed E-state index contributed by atoms with van der Waals surface area (Å²) in [5.41, 5.74) is 2.18. The van der Waals surface area contributed by atoms with E-state index in [9.17, 15) is 0 Å². The lowest BCUT2D eigenvalue weighted by Crippen LogP contribution is -2.29. The highest BCUT2D eigenvalue weighted by atomic mass is 28.4. The predicted molar refractivity (Wildman–Crippen MR) is 75.5 cm³/mol. The van der Waals surface area contributed by atoms with Crippen LogP contribution in [0.3, 0.4) is 0 Å². The van der Waals surface area contributed by atoms with Gasteiger partial charge in [-0.25, -0.2) is 0 Å². The molecule has 1 nitrogen and oxygen atoms in total. The number of hydrogen-bond acceptors (Lipinski definition) is 1. The third-order valence-electron chi connectivity index (χ3n) is 2.90. The molecule has 0 N–H and O–H groups in total. The van der Waals surface area contributed by atoms with Crippen LogP contribution < -0.4 is 0 Å². The first-order chi connectivity index (χ1) is 6.52. The monoisotopic (exact) mass is 246 g/mol. The molecule has 0 amide bonds. The Hall–Kier alpha value is 0.351. The van der Waals surface area contributed by atoms with Gasteiger partial charge in [-0.2, -0.15) is 0 Å². The van der Waals surface area contributed by atoms with Crippen LogP contribution in [0.5, 0.6) is 0 Å². The van der Waals surface area contributed by atoms with E-state index in [-0.39, 0.29) is 9.52 Å². The maximum Gasteiger partial charge on any atom is 0.185 e. The van der Waals surface area contributed by atoms with Crippen molar-refractivity contribution in [2.45, 2.75) is 43.8 Å². The van der Waals surface area contributed by atoms with Gasteiger partial charge in [0.15, 0.2) is 8.32 Å². The molecule has 0 saturated carbocycles. The largest absolute Gasteiger partial charge is 0.420 e. The summed E-state index contributed by atoms with van der Waals surface area (Å²) in [5, 5.41) is 0. The second kappa shape index (κ2) is 7.62. The van der Waals surface area contributed by atoms with Crippen molar-refractivity contribution in [1.82, 2.24) is 0 Å². The van der Waals surface area contributed by atoms with E-state index in [0.29, 0.717) is 0 Å². The maximum atomic E-state index is 5.57. The van der Waals surface area contributed by atoms with Crippen LogP contribution in [0, 0.1) is 0 Å².